The quantitative estimate of drug-likeness (QED) is 0.813. The second-order valence-electron chi connectivity index (χ2n) is 7.27. The number of ether oxygens (including phenoxy) is 1. The molecule has 0 aromatic heterocycles. The van der Waals surface area contributed by atoms with Crippen LogP contribution in [0.5, 0.6) is 5.75 Å². The highest BCUT2D eigenvalue weighted by Gasteiger charge is 2.41. The third kappa shape index (κ3) is 3.64. The highest BCUT2D eigenvalue weighted by atomic mass is 16.5. The number of rotatable bonds is 7. The highest BCUT2D eigenvalue weighted by Crippen LogP contribution is 2.49. The Balaban J connectivity index is 1.39. The lowest BCUT2D eigenvalue weighted by Gasteiger charge is -2.29. The van der Waals surface area contributed by atoms with Gasteiger partial charge in [-0.3, -0.25) is 0 Å². The van der Waals surface area contributed by atoms with Gasteiger partial charge in [0.2, 0.25) is 0 Å². The van der Waals surface area contributed by atoms with Crippen molar-refractivity contribution in [1.29, 1.82) is 0 Å². The molecule has 2 bridgehead atoms. The summed E-state index contributed by atoms with van der Waals surface area (Å²) in [5, 5.41) is 13.7. The van der Waals surface area contributed by atoms with Crippen molar-refractivity contribution in [3.8, 4) is 5.75 Å². The average Bonchev–Trinajstić information content (AvgIpc) is 3.15. The molecule has 22 heavy (non-hydrogen) atoms. The molecule has 2 fully saturated rings. The summed E-state index contributed by atoms with van der Waals surface area (Å²) in [5.41, 5.74) is 1.11. The van der Waals surface area contributed by atoms with Crippen molar-refractivity contribution >= 4 is 0 Å². The summed E-state index contributed by atoms with van der Waals surface area (Å²) in [6, 6.07) is 8.44. The van der Waals surface area contributed by atoms with Crippen LogP contribution in [0.4, 0.5) is 0 Å². The summed E-state index contributed by atoms with van der Waals surface area (Å²) in [6.07, 6.45) is 5.23. The number of hydrogen-bond donors (Lipinski definition) is 2. The molecule has 2 aliphatic carbocycles. The fourth-order valence-electron chi connectivity index (χ4n) is 4.34. The van der Waals surface area contributed by atoms with E-state index in [4.69, 9.17) is 4.74 Å². The van der Waals surface area contributed by atoms with E-state index >= 15 is 0 Å². The molecule has 0 aliphatic heterocycles. The van der Waals surface area contributed by atoms with Crippen LogP contribution in [-0.4, -0.2) is 30.4 Å². The van der Waals surface area contributed by atoms with Gasteiger partial charge in [0.15, 0.2) is 0 Å². The number of aryl methyl sites for hydroxylation is 1. The number of para-hydroxylation sites is 1. The van der Waals surface area contributed by atoms with E-state index in [1.165, 1.54) is 25.7 Å². The summed E-state index contributed by atoms with van der Waals surface area (Å²) in [6.45, 7) is 5.26. The Morgan fingerprint density at radius 1 is 1.27 bits per heavy atom. The number of fused-ring (bicyclic) bond motifs is 2. The van der Waals surface area contributed by atoms with Crippen molar-refractivity contribution in [1.82, 2.24) is 5.32 Å². The van der Waals surface area contributed by atoms with E-state index in [9.17, 15) is 5.11 Å². The van der Waals surface area contributed by atoms with Crippen molar-refractivity contribution in [3.05, 3.63) is 29.8 Å². The Hall–Kier alpha value is -1.06. The Bertz CT molecular complexity index is 490. The molecule has 0 radical (unpaired) electrons. The summed E-state index contributed by atoms with van der Waals surface area (Å²) in [4.78, 5) is 0. The van der Waals surface area contributed by atoms with Crippen molar-refractivity contribution in [2.75, 3.05) is 13.2 Å². The Kier molecular flexibility index (Phi) is 5.04. The average molecular weight is 303 g/mol. The lowest BCUT2D eigenvalue weighted by Crippen LogP contribution is -2.41. The predicted molar refractivity (Wildman–Crippen MR) is 89.1 cm³/mol. The normalized spacial score (nSPS) is 29.5. The molecule has 2 aliphatic rings. The highest BCUT2D eigenvalue weighted by molar-refractivity contribution is 5.31. The van der Waals surface area contributed by atoms with Crippen LogP contribution in [0.2, 0.25) is 0 Å². The van der Waals surface area contributed by atoms with Gasteiger partial charge in [0.1, 0.15) is 18.5 Å². The van der Waals surface area contributed by atoms with Crippen molar-refractivity contribution in [2.45, 2.75) is 51.7 Å². The topological polar surface area (TPSA) is 41.5 Å². The number of hydrogen-bond acceptors (Lipinski definition) is 3. The fraction of sp³-hybridized carbons (Fsp3) is 0.684. The van der Waals surface area contributed by atoms with Crippen LogP contribution in [0.25, 0.3) is 0 Å². The van der Waals surface area contributed by atoms with Crippen LogP contribution in [0.15, 0.2) is 24.3 Å². The number of nitrogens with one attached hydrogen (secondary N) is 1. The molecule has 0 unspecified atom stereocenters. The van der Waals surface area contributed by atoms with E-state index in [0.29, 0.717) is 19.2 Å². The molecule has 2 saturated carbocycles. The molecule has 1 aromatic carbocycles. The molecule has 0 heterocycles. The lowest BCUT2D eigenvalue weighted by atomic mass is 9.84. The first-order valence-electron chi connectivity index (χ1n) is 8.73. The standard InChI is InChI=1S/C19H29NO2/c1-13-5-3-4-6-19(13)22-12-17(21)11-20-14(2)18-10-15-7-8-16(18)9-15/h3-6,14-18,20-21H,7-12H2,1-2H3/t14-,15-,16-,17+,18-/m0/s1. The summed E-state index contributed by atoms with van der Waals surface area (Å²) >= 11 is 0. The molecule has 2 N–H and O–H groups in total. The zero-order valence-corrected chi connectivity index (χ0v) is 13.8. The maximum absolute atomic E-state index is 10.1. The molecular formula is C19H29NO2. The van der Waals surface area contributed by atoms with E-state index in [-0.39, 0.29) is 0 Å². The molecule has 122 valence electrons. The van der Waals surface area contributed by atoms with Gasteiger partial charge in [-0.25, -0.2) is 0 Å². The second-order valence-corrected chi connectivity index (χ2v) is 7.27. The first kappa shape index (κ1) is 15.8. The van der Waals surface area contributed by atoms with Crippen molar-refractivity contribution < 1.29 is 9.84 Å². The van der Waals surface area contributed by atoms with Crippen LogP contribution >= 0.6 is 0 Å². The molecular weight excluding hydrogens is 274 g/mol. The van der Waals surface area contributed by atoms with E-state index in [1.54, 1.807) is 0 Å². The number of aliphatic hydroxyl groups is 1. The monoisotopic (exact) mass is 303 g/mol. The summed E-state index contributed by atoms with van der Waals surface area (Å²) in [5.74, 6) is 3.58. The van der Waals surface area contributed by atoms with Gasteiger partial charge in [0, 0.05) is 12.6 Å². The molecule has 0 amide bonds. The Morgan fingerprint density at radius 3 is 2.77 bits per heavy atom. The van der Waals surface area contributed by atoms with E-state index in [2.05, 4.69) is 12.2 Å². The SMILES string of the molecule is Cc1ccccc1OC[C@H](O)CN[C@@H](C)[C@@H]1C[C@H]2CC[C@H]1C2. The molecule has 0 spiro atoms. The summed E-state index contributed by atoms with van der Waals surface area (Å²) in [7, 11) is 0. The van der Waals surface area contributed by atoms with Gasteiger partial charge in [-0.2, -0.15) is 0 Å². The maximum atomic E-state index is 10.1. The first-order valence-corrected chi connectivity index (χ1v) is 8.73. The first-order chi connectivity index (χ1) is 10.6. The third-order valence-electron chi connectivity index (χ3n) is 5.64. The maximum Gasteiger partial charge on any atom is 0.122 e. The molecule has 3 nitrogen and oxygen atoms in total. The van der Waals surface area contributed by atoms with Gasteiger partial charge in [-0.05, 0) is 62.5 Å². The fourth-order valence-corrected chi connectivity index (χ4v) is 4.34. The Labute approximate surface area is 134 Å². The zero-order valence-electron chi connectivity index (χ0n) is 13.8. The van der Waals surface area contributed by atoms with E-state index in [1.807, 2.05) is 31.2 Å². The Morgan fingerprint density at radius 2 is 2.09 bits per heavy atom. The van der Waals surface area contributed by atoms with Crippen LogP contribution in [0, 0.1) is 24.7 Å². The third-order valence-corrected chi connectivity index (χ3v) is 5.64. The van der Waals surface area contributed by atoms with Gasteiger partial charge in [-0.1, -0.05) is 24.6 Å². The smallest absolute Gasteiger partial charge is 0.122 e. The van der Waals surface area contributed by atoms with Gasteiger partial charge < -0.3 is 15.2 Å². The minimum atomic E-state index is -0.458. The second kappa shape index (κ2) is 7.01. The van der Waals surface area contributed by atoms with E-state index in [0.717, 1.165) is 29.1 Å². The van der Waals surface area contributed by atoms with Crippen LogP contribution in [0.3, 0.4) is 0 Å². The number of benzene rings is 1. The van der Waals surface area contributed by atoms with Crippen LogP contribution in [-0.2, 0) is 0 Å². The zero-order chi connectivity index (χ0) is 15.5. The van der Waals surface area contributed by atoms with E-state index < -0.39 is 6.10 Å². The van der Waals surface area contributed by atoms with Crippen molar-refractivity contribution in [2.24, 2.45) is 17.8 Å². The molecule has 3 rings (SSSR count). The minimum absolute atomic E-state index is 0.349. The molecule has 0 saturated heterocycles. The summed E-state index contributed by atoms with van der Waals surface area (Å²) < 4.78 is 5.72. The predicted octanol–water partition coefficient (Wildman–Crippen LogP) is 3.15. The minimum Gasteiger partial charge on any atom is -0.491 e. The molecule has 3 heteroatoms. The van der Waals surface area contributed by atoms with Gasteiger partial charge in [0.25, 0.3) is 0 Å². The van der Waals surface area contributed by atoms with Gasteiger partial charge in [-0.15, -0.1) is 0 Å². The molecule has 5 atom stereocenters. The van der Waals surface area contributed by atoms with Gasteiger partial charge >= 0.3 is 0 Å². The van der Waals surface area contributed by atoms with Crippen molar-refractivity contribution in [3.63, 3.8) is 0 Å². The van der Waals surface area contributed by atoms with Crippen LogP contribution < -0.4 is 10.1 Å². The van der Waals surface area contributed by atoms with Crippen LogP contribution in [0.1, 0.15) is 38.2 Å². The number of aliphatic hydroxyl groups excluding tert-OH is 1. The molecule has 1 aromatic rings. The lowest BCUT2D eigenvalue weighted by molar-refractivity contribution is 0.0990. The van der Waals surface area contributed by atoms with Gasteiger partial charge in [0.05, 0.1) is 0 Å². The largest absolute Gasteiger partial charge is 0.491 e.